The standard InChI is InChI=1S/C20H29N5O2S2.HI/c1-3-21-20(23-16-18-8-6-14-28-18)22-15-17-7-4-5-9-19(17)29(26,27)25-12-10-24(2)11-13-25;/h4-9,14H,3,10-13,15-16H2,1-2H3,(H2,21,22,23);1H. The van der Waals surface area contributed by atoms with Crippen molar-refractivity contribution in [2.75, 3.05) is 39.8 Å². The number of benzene rings is 1. The lowest BCUT2D eigenvalue weighted by atomic mass is 10.2. The number of hydrogen-bond acceptors (Lipinski definition) is 5. The highest BCUT2D eigenvalue weighted by molar-refractivity contribution is 14.0. The molecule has 0 atom stereocenters. The summed E-state index contributed by atoms with van der Waals surface area (Å²) in [7, 11) is -1.51. The summed E-state index contributed by atoms with van der Waals surface area (Å²) in [5.41, 5.74) is 0.708. The maximum Gasteiger partial charge on any atom is 0.243 e. The van der Waals surface area contributed by atoms with E-state index in [1.165, 1.54) is 4.88 Å². The Morgan fingerprint density at radius 2 is 1.83 bits per heavy atom. The van der Waals surface area contributed by atoms with Gasteiger partial charge in [0, 0.05) is 37.6 Å². The molecule has 1 aliphatic rings. The zero-order chi connectivity index (χ0) is 20.7. The van der Waals surface area contributed by atoms with E-state index < -0.39 is 10.0 Å². The highest BCUT2D eigenvalue weighted by Crippen LogP contribution is 2.22. The fourth-order valence-electron chi connectivity index (χ4n) is 3.14. The number of piperazine rings is 1. The molecule has 1 aromatic heterocycles. The van der Waals surface area contributed by atoms with Crippen molar-refractivity contribution in [3.05, 3.63) is 52.2 Å². The summed E-state index contributed by atoms with van der Waals surface area (Å²) < 4.78 is 28.0. The molecule has 0 bridgehead atoms. The van der Waals surface area contributed by atoms with Gasteiger partial charge in [0.2, 0.25) is 10.0 Å². The average molecular weight is 564 g/mol. The second kappa shape index (κ2) is 12.0. The van der Waals surface area contributed by atoms with Crippen LogP contribution in [0.25, 0.3) is 0 Å². The third-order valence-corrected chi connectivity index (χ3v) is 7.69. The minimum absolute atomic E-state index is 0. The smallest absolute Gasteiger partial charge is 0.243 e. The molecule has 0 saturated carbocycles. The van der Waals surface area contributed by atoms with Crippen molar-refractivity contribution >= 4 is 51.3 Å². The third kappa shape index (κ3) is 6.64. The number of guanidine groups is 1. The van der Waals surface area contributed by atoms with E-state index >= 15 is 0 Å². The van der Waals surface area contributed by atoms with Crippen LogP contribution in [0.5, 0.6) is 0 Å². The molecule has 0 aliphatic carbocycles. The van der Waals surface area contributed by atoms with Gasteiger partial charge in [-0.05, 0) is 37.0 Å². The van der Waals surface area contributed by atoms with Crippen molar-refractivity contribution in [3.63, 3.8) is 0 Å². The molecular formula is C20H30IN5O2S2. The predicted molar refractivity (Wildman–Crippen MR) is 134 cm³/mol. The van der Waals surface area contributed by atoms with E-state index in [4.69, 9.17) is 0 Å². The van der Waals surface area contributed by atoms with Crippen LogP contribution >= 0.6 is 35.3 Å². The van der Waals surface area contributed by atoms with Crippen LogP contribution in [0.3, 0.4) is 0 Å². The number of thiophene rings is 1. The molecule has 2 N–H and O–H groups in total. The van der Waals surface area contributed by atoms with Gasteiger partial charge >= 0.3 is 0 Å². The highest BCUT2D eigenvalue weighted by atomic mass is 127. The number of aliphatic imine (C=N–C) groups is 1. The van der Waals surface area contributed by atoms with E-state index in [0.29, 0.717) is 42.6 Å². The molecule has 1 aromatic carbocycles. The van der Waals surface area contributed by atoms with E-state index in [9.17, 15) is 8.42 Å². The summed E-state index contributed by atoms with van der Waals surface area (Å²) in [6.07, 6.45) is 0. The molecule has 0 spiro atoms. The number of sulfonamides is 1. The first-order valence-corrected chi connectivity index (χ1v) is 12.1. The molecule has 3 rings (SSSR count). The molecule has 1 fully saturated rings. The zero-order valence-corrected chi connectivity index (χ0v) is 21.3. The van der Waals surface area contributed by atoms with Crippen molar-refractivity contribution in [1.82, 2.24) is 19.8 Å². The van der Waals surface area contributed by atoms with E-state index in [-0.39, 0.29) is 24.0 Å². The SMILES string of the molecule is CCNC(=NCc1ccccc1S(=O)(=O)N1CCN(C)CC1)NCc1cccs1.I. The maximum atomic E-state index is 13.2. The van der Waals surface area contributed by atoms with Gasteiger partial charge in [0.05, 0.1) is 18.0 Å². The molecule has 30 heavy (non-hydrogen) atoms. The number of likely N-dealkylation sites (N-methyl/N-ethyl adjacent to an activating group) is 1. The Balaban J connectivity index is 0.00000320. The second-order valence-corrected chi connectivity index (χ2v) is 9.88. The molecule has 0 amide bonds. The van der Waals surface area contributed by atoms with Crippen LogP contribution in [0.1, 0.15) is 17.4 Å². The summed E-state index contributed by atoms with van der Waals surface area (Å²) in [6, 6.07) is 11.3. The van der Waals surface area contributed by atoms with Gasteiger partial charge in [-0.1, -0.05) is 24.3 Å². The van der Waals surface area contributed by atoms with Gasteiger partial charge in [-0.3, -0.25) is 0 Å². The minimum Gasteiger partial charge on any atom is -0.357 e. The van der Waals surface area contributed by atoms with Gasteiger partial charge in [0.1, 0.15) is 0 Å². The number of nitrogens with zero attached hydrogens (tertiary/aromatic N) is 3. The fraction of sp³-hybridized carbons (Fsp3) is 0.450. The molecule has 1 saturated heterocycles. The quantitative estimate of drug-likeness (QED) is 0.308. The van der Waals surface area contributed by atoms with E-state index in [0.717, 1.165) is 19.6 Å². The van der Waals surface area contributed by atoms with Crippen LogP contribution in [-0.2, 0) is 23.1 Å². The van der Waals surface area contributed by atoms with Gasteiger partial charge in [-0.25, -0.2) is 13.4 Å². The zero-order valence-electron chi connectivity index (χ0n) is 17.4. The molecular weight excluding hydrogens is 533 g/mol. The van der Waals surface area contributed by atoms with Crippen LogP contribution in [0.2, 0.25) is 0 Å². The number of nitrogens with one attached hydrogen (secondary N) is 2. The Hall–Kier alpha value is -1.21. The number of hydrogen-bond donors (Lipinski definition) is 2. The Labute approximate surface area is 200 Å². The van der Waals surface area contributed by atoms with Gasteiger partial charge in [-0.2, -0.15) is 4.31 Å². The molecule has 2 heterocycles. The first kappa shape index (κ1) is 25.1. The van der Waals surface area contributed by atoms with Crippen LogP contribution in [-0.4, -0.2) is 63.4 Å². The monoisotopic (exact) mass is 563 g/mol. The van der Waals surface area contributed by atoms with Crippen LogP contribution < -0.4 is 10.6 Å². The number of halogens is 1. The van der Waals surface area contributed by atoms with E-state index in [1.807, 2.05) is 37.6 Å². The Bertz CT molecular complexity index is 911. The van der Waals surface area contributed by atoms with Crippen molar-refractivity contribution in [2.45, 2.75) is 24.9 Å². The maximum absolute atomic E-state index is 13.2. The summed E-state index contributed by atoms with van der Waals surface area (Å²) in [4.78, 5) is 8.33. The fourth-order valence-corrected chi connectivity index (χ4v) is 5.42. The Morgan fingerprint density at radius 1 is 1.10 bits per heavy atom. The topological polar surface area (TPSA) is 77.0 Å². The second-order valence-electron chi connectivity index (χ2n) is 6.94. The van der Waals surface area contributed by atoms with E-state index in [2.05, 4.69) is 26.6 Å². The Kier molecular flexibility index (Phi) is 10.0. The normalized spacial score (nSPS) is 16.1. The minimum atomic E-state index is -3.53. The van der Waals surface area contributed by atoms with Gasteiger partial charge in [-0.15, -0.1) is 35.3 Å². The van der Waals surface area contributed by atoms with Crippen molar-refractivity contribution in [3.8, 4) is 0 Å². The largest absolute Gasteiger partial charge is 0.357 e. The van der Waals surface area contributed by atoms with Gasteiger partial charge in [0.15, 0.2) is 5.96 Å². The van der Waals surface area contributed by atoms with E-state index in [1.54, 1.807) is 27.8 Å². The lowest BCUT2D eigenvalue weighted by Gasteiger charge is -2.32. The van der Waals surface area contributed by atoms with Crippen molar-refractivity contribution in [2.24, 2.45) is 4.99 Å². The van der Waals surface area contributed by atoms with Crippen LogP contribution in [0.4, 0.5) is 0 Å². The highest BCUT2D eigenvalue weighted by Gasteiger charge is 2.29. The average Bonchev–Trinajstić information content (AvgIpc) is 3.24. The van der Waals surface area contributed by atoms with Crippen molar-refractivity contribution < 1.29 is 8.42 Å². The first-order chi connectivity index (χ1) is 14.0. The molecule has 7 nitrogen and oxygen atoms in total. The van der Waals surface area contributed by atoms with Gasteiger partial charge in [0.25, 0.3) is 0 Å². The molecule has 10 heteroatoms. The van der Waals surface area contributed by atoms with Crippen molar-refractivity contribution in [1.29, 1.82) is 0 Å². The third-order valence-electron chi connectivity index (χ3n) is 4.81. The summed E-state index contributed by atoms with van der Waals surface area (Å²) in [6.45, 7) is 6.25. The van der Waals surface area contributed by atoms with Gasteiger partial charge < -0.3 is 15.5 Å². The Morgan fingerprint density at radius 3 is 2.50 bits per heavy atom. The molecule has 166 valence electrons. The molecule has 0 unspecified atom stereocenters. The first-order valence-electron chi connectivity index (χ1n) is 9.82. The summed E-state index contributed by atoms with van der Waals surface area (Å²) in [5, 5.41) is 8.57. The molecule has 0 radical (unpaired) electrons. The summed E-state index contributed by atoms with van der Waals surface area (Å²) in [5.74, 6) is 0.674. The van der Waals surface area contributed by atoms with Crippen LogP contribution in [0.15, 0.2) is 51.7 Å². The lowest BCUT2D eigenvalue weighted by Crippen LogP contribution is -2.47. The predicted octanol–water partition coefficient (Wildman–Crippen LogP) is 2.56. The number of rotatable bonds is 7. The molecule has 2 aromatic rings. The van der Waals surface area contributed by atoms with Crippen LogP contribution in [0, 0.1) is 0 Å². The summed E-state index contributed by atoms with van der Waals surface area (Å²) >= 11 is 1.69. The molecule has 1 aliphatic heterocycles. The lowest BCUT2D eigenvalue weighted by molar-refractivity contribution is 0.222.